The number of carbonyl (C=O) groups is 1. The van der Waals surface area contributed by atoms with Crippen molar-refractivity contribution >= 4 is 17.3 Å². The Morgan fingerprint density at radius 2 is 2.16 bits per heavy atom. The zero-order chi connectivity index (χ0) is 14.0. The fourth-order valence-corrected chi connectivity index (χ4v) is 2.38. The molecule has 100 valence electrons. The highest BCUT2D eigenvalue weighted by Gasteiger charge is 2.27. The lowest BCUT2D eigenvalue weighted by Crippen LogP contribution is -2.39. The molecule has 0 aliphatic carbocycles. The minimum absolute atomic E-state index is 0.0955. The van der Waals surface area contributed by atoms with E-state index in [9.17, 15) is 10.1 Å². The van der Waals surface area contributed by atoms with E-state index in [2.05, 4.69) is 6.07 Å². The molecule has 0 saturated carbocycles. The van der Waals surface area contributed by atoms with E-state index in [4.69, 9.17) is 5.73 Å². The van der Waals surface area contributed by atoms with Gasteiger partial charge in [0.05, 0.1) is 12.0 Å². The molecule has 1 heterocycles. The number of nitriles is 1. The predicted octanol–water partition coefficient (Wildman–Crippen LogP) is 2.34. The second-order valence-electron chi connectivity index (χ2n) is 5.37. The highest BCUT2D eigenvalue weighted by Crippen LogP contribution is 2.30. The monoisotopic (exact) mass is 257 g/mol. The van der Waals surface area contributed by atoms with Gasteiger partial charge >= 0.3 is 0 Å². The van der Waals surface area contributed by atoms with Crippen molar-refractivity contribution in [3.8, 4) is 6.07 Å². The highest BCUT2D eigenvalue weighted by atomic mass is 16.2. The van der Waals surface area contributed by atoms with Gasteiger partial charge in [-0.3, -0.25) is 4.79 Å². The maximum Gasteiger partial charge on any atom is 0.227 e. The van der Waals surface area contributed by atoms with Gasteiger partial charge in [0.15, 0.2) is 0 Å². The molecule has 4 nitrogen and oxygen atoms in total. The van der Waals surface area contributed by atoms with Crippen LogP contribution in [0.15, 0.2) is 18.2 Å². The number of hydrogen-bond donors (Lipinski definition) is 1. The van der Waals surface area contributed by atoms with E-state index < -0.39 is 0 Å². The topological polar surface area (TPSA) is 70.1 Å². The van der Waals surface area contributed by atoms with Crippen molar-refractivity contribution in [2.24, 2.45) is 11.8 Å². The van der Waals surface area contributed by atoms with Crippen LogP contribution in [0, 0.1) is 23.2 Å². The Bertz CT molecular complexity index is 531. The van der Waals surface area contributed by atoms with Crippen molar-refractivity contribution in [1.82, 2.24) is 0 Å². The Kier molecular flexibility index (Phi) is 3.75. The Hall–Kier alpha value is -2.02. The number of benzene rings is 1. The van der Waals surface area contributed by atoms with E-state index in [-0.39, 0.29) is 17.7 Å². The summed E-state index contributed by atoms with van der Waals surface area (Å²) in [6, 6.07) is 7.91. The molecule has 1 aromatic carbocycles. The van der Waals surface area contributed by atoms with Gasteiger partial charge in [0, 0.05) is 24.3 Å². The smallest absolute Gasteiger partial charge is 0.227 e. The van der Waals surface area contributed by atoms with E-state index in [1.807, 2.05) is 26.0 Å². The number of nitrogens with two attached hydrogens (primary N) is 1. The number of fused-ring (bicyclic) bond motifs is 1. The van der Waals surface area contributed by atoms with Crippen molar-refractivity contribution in [2.45, 2.75) is 26.7 Å². The molecule has 1 aliphatic rings. The lowest BCUT2D eigenvalue weighted by Gasteiger charge is -2.31. The molecule has 1 atom stereocenters. The minimum atomic E-state index is -0.146. The summed E-state index contributed by atoms with van der Waals surface area (Å²) < 4.78 is 0. The second kappa shape index (κ2) is 5.31. The summed E-state index contributed by atoms with van der Waals surface area (Å²) in [7, 11) is 0. The van der Waals surface area contributed by atoms with Crippen molar-refractivity contribution in [1.29, 1.82) is 5.26 Å². The van der Waals surface area contributed by atoms with Gasteiger partial charge < -0.3 is 10.6 Å². The van der Waals surface area contributed by atoms with Gasteiger partial charge in [0.1, 0.15) is 0 Å². The van der Waals surface area contributed by atoms with E-state index in [0.717, 1.165) is 17.7 Å². The zero-order valence-electron chi connectivity index (χ0n) is 11.4. The Balaban J connectivity index is 2.31. The fraction of sp³-hybridized carbons (Fsp3) is 0.467. The van der Waals surface area contributed by atoms with Crippen molar-refractivity contribution < 1.29 is 4.79 Å². The van der Waals surface area contributed by atoms with Gasteiger partial charge in [-0.2, -0.15) is 5.26 Å². The molecular formula is C15H19N3O. The van der Waals surface area contributed by atoms with Crippen LogP contribution >= 0.6 is 0 Å². The van der Waals surface area contributed by atoms with Gasteiger partial charge in [-0.1, -0.05) is 13.8 Å². The van der Waals surface area contributed by atoms with Crippen LogP contribution < -0.4 is 10.6 Å². The van der Waals surface area contributed by atoms with Crippen LogP contribution in [-0.4, -0.2) is 12.5 Å². The molecule has 0 saturated heterocycles. The molecule has 2 rings (SSSR count). The summed E-state index contributed by atoms with van der Waals surface area (Å²) >= 11 is 0. The summed E-state index contributed by atoms with van der Waals surface area (Å²) in [5.41, 5.74) is 8.50. The molecule has 4 heteroatoms. The summed E-state index contributed by atoms with van der Waals surface area (Å²) in [6.07, 6.45) is 1.22. The maximum absolute atomic E-state index is 12.1. The zero-order valence-corrected chi connectivity index (χ0v) is 11.4. The first-order valence-electron chi connectivity index (χ1n) is 6.61. The molecule has 0 fully saturated rings. The lowest BCUT2D eigenvalue weighted by atomic mass is 9.94. The summed E-state index contributed by atoms with van der Waals surface area (Å²) in [6.45, 7) is 4.47. The number of nitrogen functional groups attached to an aromatic ring is 1. The lowest BCUT2D eigenvalue weighted by molar-refractivity contribution is -0.119. The number of anilines is 2. The number of rotatable bonds is 3. The molecular weight excluding hydrogens is 238 g/mol. The summed E-state index contributed by atoms with van der Waals surface area (Å²) in [5.74, 6) is 0.183. The van der Waals surface area contributed by atoms with E-state index in [1.165, 1.54) is 0 Å². The van der Waals surface area contributed by atoms with Crippen molar-refractivity contribution in [3.05, 3.63) is 23.8 Å². The third kappa shape index (κ3) is 2.70. The van der Waals surface area contributed by atoms with Gasteiger partial charge in [-0.25, -0.2) is 0 Å². The average molecular weight is 257 g/mol. The molecule has 1 aromatic rings. The number of aryl methyl sites for hydroxylation is 1. The van der Waals surface area contributed by atoms with Crippen molar-refractivity contribution in [2.75, 3.05) is 17.2 Å². The van der Waals surface area contributed by atoms with Crippen LogP contribution in [0.3, 0.4) is 0 Å². The fourth-order valence-electron chi connectivity index (χ4n) is 2.38. The maximum atomic E-state index is 12.1. The third-order valence-corrected chi connectivity index (χ3v) is 3.65. The van der Waals surface area contributed by atoms with Crippen molar-refractivity contribution in [3.63, 3.8) is 0 Å². The number of hydrogen-bond acceptors (Lipinski definition) is 3. The first-order chi connectivity index (χ1) is 9.02. The van der Waals surface area contributed by atoms with Gasteiger partial charge in [-0.05, 0) is 36.1 Å². The third-order valence-electron chi connectivity index (χ3n) is 3.65. The minimum Gasteiger partial charge on any atom is -0.399 e. The first-order valence-corrected chi connectivity index (χ1v) is 6.61. The van der Waals surface area contributed by atoms with Crippen LogP contribution in [0.25, 0.3) is 0 Å². The molecule has 0 spiro atoms. The Morgan fingerprint density at radius 1 is 1.42 bits per heavy atom. The highest BCUT2D eigenvalue weighted by molar-refractivity contribution is 5.96. The van der Waals surface area contributed by atoms with Crippen LogP contribution in [0.5, 0.6) is 0 Å². The molecule has 1 aliphatic heterocycles. The molecule has 1 unspecified atom stereocenters. The number of nitrogens with zero attached hydrogens (tertiary/aromatic N) is 2. The van der Waals surface area contributed by atoms with E-state index in [0.29, 0.717) is 18.7 Å². The largest absolute Gasteiger partial charge is 0.399 e. The Labute approximate surface area is 113 Å². The summed E-state index contributed by atoms with van der Waals surface area (Å²) in [4.78, 5) is 13.8. The molecule has 0 radical (unpaired) electrons. The second-order valence-corrected chi connectivity index (χ2v) is 5.37. The van der Waals surface area contributed by atoms with E-state index >= 15 is 0 Å². The van der Waals surface area contributed by atoms with Crippen LogP contribution in [0.4, 0.5) is 11.4 Å². The van der Waals surface area contributed by atoms with E-state index in [1.54, 1.807) is 11.0 Å². The Morgan fingerprint density at radius 3 is 2.79 bits per heavy atom. The molecule has 0 aromatic heterocycles. The standard InChI is InChI=1S/C15H19N3O/c1-10(2)12(8-16)9-18-14-5-4-13(17)7-11(14)3-6-15(18)19/h4-5,7,10,12H,3,6,9,17H2,1-2H3. The molecule has 19 heavy (non-hydrogen) atoms. The average Bonchev–Trinajstić information content (AvgIpc) is 2.37. The molecule has 2 N–H and O–H groups in total. The quantitative estimate of drug-likeness (QED) is 0.845. The number of carbonyl (C=O) groups excluding carboxylic acids is 1. The van der Waals surface area contributed by atoms with Gasteiger partial charge in [0.25, 0.3) is 0 Å². The molecule has 0 bridgehead atoms. The molecule has 1 amide bonds. The van der Waals surface area contributed by atoms with Gasteiger partial charge in [-0.15, -0.1) is 0 Å². The first kappa shape index (κ1) is 13.4. The van der Waals surface area contributed by atoms with Crippen LogP contribution in [0.1, 0.15) is 25.8 Å². The van der Waals surface area contributed by atoms with Crippen LogP contribution in [-0.2, 0) is 11.2 Å². The number of amides is 1. The van der Waals surface area contributed by atoms with Gasteiger partial charge in [0.2, 0.25) is 5.91 Å². The predicted molar refractivity (Wildman–Crippen MR) is 75.5 cm³/mol. The SMILES string of the molecule is CC(C)C(C#N)CN1C(=O)CCc2cc(N)ccc21. The summed E-state index contributed by atoms with van der Waals surface area (Å²) in [5, 5.41) is 9.20. The normalized spacial score (nSPS) is 16.1. The van der Waals surface area contributed by atoms with Crippen LogP contribution in [0.2, 0.25) is 0 Å².